The molecule has 1 N–H and O–H groups in total. The number of nitrogens with one attached hydrogen (secondary N) is 1. The van der Waals surface area contributed by atoms with Crippen molar-refractivity contribution in [3.05, 3.63) is 59.4 Å². The third-order valence-corrected chi connectivity index (χ3v) is 6.36. The van der Waals surface area contributed by atoms with Crippen molar-refractivity contribution in [2.45, 2.75) is 19.5 Å². The van der Waals surface area contributed by atoms with Crippen molar-refractivity contribution in [1.29, 1.82) is 0 Å². The zero-order valence-corrected chi connectivity index (χ0v) is 19.4. The monoisotopic (exact) mass is 482 g/mol. The molecule has 0 radical (unpaired) electrons. The number of ether oxygens (including phenoxy) is 3. The van der Waals surface area contributed by atoms with Crippen LogP contribution in [0.4, 0.5) is 4.39 Å². The zero-order valence-electron chi connectivity index (χ0n) is 19.4. The fraction of sp³-hybridized carbons (Fsp3) is 0.400. The van der Waals surface area contributed by atoms with E-state index in [1.165, 1.54) is 12.1 Å². The number of aliphatic imine (C=N–C) groups is 1. The van der Waals surface area contributed by atoms with Crippen molar-refractivity contribution in [2.75, 3.05) is 39.6 Å². The normalized spacial score (nSPS) is 21.9. The van der Waals surface area contributed by atoms with Gasteiger partial charge in [0.05, 0.1) is 6.61 Å². The Morgan fingerprint density at radius 3 is 2.60 bits per heavy atom. The third-order valence-electron chi connectivity index (χ3n) is 6.36. The number of benzene rings is 2. The number of amides is 1. The molecule has 0 bridgehead atoms. The molecule has 3 aliphatic rings. The van der Waals surface area contributed by atoms with Crippen molar-refractivity contribution in [3.8, 4) is 11.5 Å². The summed E-state index contributed by atoms with van der Waals surface area (Å²) in [6.07, 6.45) is 0. The summed E-state index contributed by atoms with van der Waals surface area (Å²) in [4.78, 5) is 34.6. The van der Waals surface area contributed by atoms with Crippen LogP contribution in [0.1, 0.15) is 24.1 Å². The molecule has 1 saturated heterocycles. The molecule has 0 unspecified atom stereocenters. The number of fused-ring (bicyclic) bond motifs is 1. The molecule has 0 spiro atoms. The van der Waals surface area contributed by atoms with Gasteiger partial charge in [-0.2, -0.15) is 0 Å². The molecule has 0 aromatic heterocycles. The van der Waals surface area contributed by atoms with E-state index in [1.807, 2.05) is 23.1 Å². The van der Waals surface area contributed by atoms with Crippen molar-refractivity contribution in [3.63, 3.8) is 0 Å². The van der Waals surface area contributed by atoms with Gasteiger partial charge in [-0.05, 0) is 42.3 Å². The van der Waals surface area contributed by atoms with Gasteiger partial charge >= 0.3 is 5.97 Å². The number of piperazine rings is 1. The van der Waals surface area contributed by atoms with Gasteiger partial charge in [-0.25, -0.2) is 9.38 Å². The smallest absolute Gasteiger partial charge is 0.321 e. The second-order valence-electron chi connectivity index (χ2n) is 8.62. The Hall–Kier alpha value is -3.66. The van der Waals surface area contributed by atoms with Crippen LogP contribution in [0.2, 0.25) is 0 Å². The Kier molecular flexibility index (Phi) is 6.54. The van der Waals surface area contributed by atoms with Gasteiger partial charge in [0.25, 0.3) is 0 Å². The number of nitrogens with zero attached hydrogens (tertiary/aromatic N) is 3. The highest BCUT2D eigenvalue weighted by Gasteiger charge is 2.42. The van der Waals surface area contributed by atoms with E-state index in [-0.39, 0.29) is 13.4 Å². The molecular weight excluding hydrogens is 455 g/mol. The number of carbonyl (C=O) groups is 2. The van der Waals surface area contributed by atoms with Crippen LogP contribution in [0, 0.1) is 11.7 Å². The molecule has 0 aliphatic carbocycles. The first-order valence-corrected chi connectivity index (χ1v) is 11.7. The summed E-state index contributed by atoms with van der Waals surface area (Å²) in [5.74, 6) is -0.681. The maximum absolute atomic E-state index is 13.5. The molecule has 1 fully saturated rings. The number of carbonyl (C=O) groups excluding carboxylic acids is 2. The molecule has 5 rings (SSSR count). The number of guanidine groups is 1. The van der Waals surface area contributed by atoms with Crippen LogP contribution in [-0.4, -0.2) is 67.2 Å². The predicted molar refractivity (Wildman–Crippen MR) is 124 cm³/mol. The fourth-order valence-electron chi connectivity index (χ4n) is 4.54. The zero-order chi connectivity index (χ0) is 24.4. The maximum atomic E-state index is 13.5. The minimum Gasteiger partial charge on any atom is -0.465 e. The van der Waals surface area contributed by atoms with E-state index in [0.717, 1.165) is 36.7 Å². The minimum absolute atomic E-state index is 0.153. The van der Waals surface area contributed by atoms with Crippen LogP contribution in [0.5, 0.6) is 11.5 Å². The van der Waals surface area contributed by atoms with Gasteiger partial charge in [0.2, 0.25) is 18.7 Å². The van der Waals surface area contributed by atoms with E-state index in [9.17, 15) is 14.0 Å². The summed E-state index contributed by atoms with van der Waals surface area (Å²) in [6, 6.07) is 10.9. The summed E-state index contributed by atoms with van der Waals surface area (Å²) in [6.45, 7) is 5.71. The Balaban J connectivity index is 1.29. The quantitative estimate of drug-likeness (QED) is 0.515. The lowest BCUT2D eigenvalue weighted by Crippen LogP contribution is -2.57. The summed E-state index contributed by atoms with van der Waals surface area (Å²) >= 11 is 0. The van der Waals surface area contributed by atoms with Crippen LogP contribution < -0.4 is 14.8 Å². The van der Waals surface area contributed by atoms with Gasteiger partial charge in [0.1, 0.15) is 11.9 Å². The first-order chi connectivity index (χ1) is 17.0. The van der Waals surface area contributed by atoms with E-state index < -0.39 is 29.7 Å². The first kappa shape index (κ1) is 23.1. The van der Waals surface area contributed by atoms with Crippen molar-refractivity contribution in [1.82, 2.24) is 15.1 Å². The van der Waals surface area contributed by atoms with E-state index in [0.29, 0.717) is 24.6 Å². The van der Waals surface area contributed by atoms with Gasteiger partial charge in [-0.3, -0.25) is 19.8 Å². The summed E-state index contributed by atoms with van der Waals surface area (Å²) in [5.41, 5.74) is 1.72. The molecular formula is C25H27FN4O5. The van der Waals surface area contributed by atoms with E-state index in [1.54, 1.807) is 19.1 Å². The molecule has 9 nitrogen and oxygen atoms in total. The molecule has 2 aromatic rings. The van der Waals surface area contributed by atoms with E-state index >= 15 is 0 Å². The summed E-state index contributed by atoms with van der Waals surface area (Å²) in [7, 11) is 0. The topological polar surface area (TPSA) is 92.7 Å². The lowest BCUT2D eigenvalue weighted by Gasteiger charge is -2.39. The highest BCUT2D eigenvalue weighted by atomic mass is 19.1. The lowest BCUT2D eigenvalue weighted by molar-refractivity contribution is -0.153. The molecule has 184 valence electrons. The highest BCUT2D eigenvalue weighted by molar-refractivity contribution is 6.08. The van der Waals surface area contributed by atoms with Crippen LogP contribution in [0.15, 0.2) is 47.5 Å². The fourth-order valence-corrected chi connectivity index (χ4v) is 4.54. The van der Waals surface area contributed by atoms with Gasteiger partial charge in [-0.15, -0.1) is 0 Å². The van der Waals surface area contributed by atoms with Gasteiger partial charge < -0.3 is 19.1 Å². The largest absolute Gasteiger partial charge is 0.465 e. The summed E-state index contributed by atoms with van der Waals surface area (Å²) < 4.78 is 29.5. The Morgan fingerprint density at radius 2 is 1.86 bits per heavy atom. The van der Waals surface area contributed by atoms with Gasteiger partial charge in [0, 0.05) is 32.7 Å². The summed E-state index contributed by atoms with van der Waals surface area (Å²) in [5, 5.41) is 2.79. The van der Waals surface area contributed by atoms with Crippen LogP contribution >= 0.6 is 0 Å². The number of rotatable bonds is 5. The standard InChI is InChI=1S/C25H27FN4O5/c1-2-33-24(32)21-22(17-4-6-18(26)7-5-17)27-25(28-23(21)31)30-11-9-29(10-12-30)14-16-3-8-19-20(13-16)35-15-34-19/h3-8,13,21-22H,2,9-12,14-15H2,1H3,(H,27,28,31)/t21-,22+/m0/s1. The molecule has 2 atom stereocenters. The maximum Gasteiger partial charge on any atom is 0.321 e. The van der Waals surface area contributed by atoms with Crippen molar-refractivity contribution >= 4 is 17.8 Å². The SMILES string of the molecule is CCOC(=O)[C@@H]1C(=O)NC(N2CCN(Cc3ccc4c(c3)OCO4)CC2)=N[C@@H]1c1ccc(F)cc1. The predicted octanol–water partition coefficient (Wildman–Crippen LogP) is 2.08. The van der Waals surface area contributed by atoms with E-state index in [4.69, 9.17) is 19.2 Å². The Bertz CT molecular complexity index is 1130. The average molecular weight is 483 g/mol. The van der Waals surface area contributed by atoms with E-state index in [2.05, 4.69) is 10.2 Å². The lowest BCUT2D eigenvalue weighted by atomic mass is 9.91. The Morgan fingerprint density at radius 1 is 1.11 bits per heavy atom. The van der Waals surface area contributed by atoms with Crippen molar-refractivity contribution < 1.29 is 28.2 Å². The van der Waals surface area contributed by atoms with Crippen LogP contribution in [-0.2, 0) is 20.9 Å². The first-order valence-electron chi connectivity index (χ1n) is 11.7. The van der Waals surface area contributed by atoms with Gasteiger partial charge in [-0.1, -0.05) is 18.2 Å². The molecule has 0 saturated carbocycles. The second kappa shape index (κ2) is 9.91. The van der Waals surface area contributed by atoms with Crippen LogP contribution in [0.25, 0.3) is 0 Å². The molecule has 3 heterocycles. The molecule has 10 heteroatoms. The number of hydrogen-bond acceptors (Lipinski definition) is 8. The number of hydrogen-bond donors (Lipinski definition) is 1. The molecule has 2 aromatic carbocycles. The van der Waals surface area contributed by atoms with Crippen molar-refractivity contribution in [2.24, 2.45) is 10.9 Å². The Labute approximate surface area is 202 Å². The molecule has 1 amide bonds. The number of halogens is 1. The minimum atomic E-state index is -1.13. The highest BCUT2D eigenvalue weighted by Crippen LogP contribution is 2.33. The second-order valence-corrected chi connectivity index (χ2v) is 8.62. The average Bonchev–Trinajstić information content (AvgIpc) is 3.32. The third kappa shape index (κ3) is 4.93. The van der Waals surface area contributed by atoms with Crippen LogP contribution in [0.3, 0.4) is 0 Å². The number of esters is 1. The molecule has 35 heavy (non-hydrogen) atoms. The molecule has 3 aliphatic heterocycles. The van der Waals surface area contributed by atoms with Gasteiger partial charge in [0.15, 0.2) is 17.4 Å².